The lowest BCUT2D eigenvalue weighted by molar-refractivity contribution is -0.142. The molecule has 0 spiro atoms. The Morgan fingerprint density at radius 2 is 2.00 bits per heavy atom. The summed E-state index contributed by atoms with van der Waals surface area (Å²) in [5.74, 6) is -0.755. The van der Waals surface area contributed by atoms with E-state index in [-0.39, 0.29) is 18.7 Å². The Labute approximate surface area is 127 Å². The first kappa shape index (κ1) is 14.4. The number of nitrogens with zero attached hydrogens (tertiary/aromatic N) is 2. The zero-order valence-corrected chi connectivity index (χ0v) is 12.1. The molecule has 3 rings (SSSR count). The Bertz CT molecular complexity index is 595. The molecule has 1 atom stereocenters. The molecule has 0 amide bonds. The number of carbonyl (C=O) groups is 2. The van der Waals surface area contributed by atoms with Crippen LogP contribution >= 0.6 is 0 Å². The number of carbonyl (C=O) groups excluding carboxylic acids is 2. The zero-order chi connectivity index (χ0) is 15.5. The van der Waals surface area contributed by atoms with E-state index in [1.807, 2.05) is 11.0 Å². The molecule has 0 aliphatic carbocycles. The van der Waals surface area contributed by atoms with E-state index in [2.05, 4.69) is 9.73 Å². The Balaban J connectivity index is 1.49. The summed E-state index contributed by atoms with van der Waals surface area (Å²) in [6, 6.07) is 8.65. The molecular formula is C15H16N2O5. The first-order valence-electron chi connectivity index (χ1n) is 6.97. The SMILES string of the molecule is COC(=O)[C@@H]1COC(N2CC(OC(=O)c3ccccc3)C2)=N1. The summed E-state index contributed by atoms with van der Waals surface area (Å²) in [5, 5.41) is 0. The highest BCUT2D eigenvalue weighted by Crippen LogP contribution is 2.18. The fraction of sp³-hybridized carbons (Fsp3) is 0.400. The quantitative estimate of drug-likeness (QED) is 0.755. The van der Waals surface area contributed by atoms with E-state index in [9.17, 15) is 9.59 Å². The molecule has 0 radical (unpaired) electrons. The highest BCUT2D eigenvalue weighted by Gasteiger charge is 2.37. The maximum atomic E-state index is 11.9. The molecule has 1 saturated heterocycles. The lowest BCUT2D eigenvalue weighted by Crippen LogP contribution is -2.55. The number of aliphatic imine (C=N–C) groups is 1. The second kappa shape index (κ2) is 6.05. The van der Waals surface area contributed by atoms with Crippen LogP contribution in [0.2, 0.25) is 0 Å². The second-order valence-corrected chi connectivity index (χ2v) is 5.06. The topological polar surface area (TPSA) is 77.4 Å². The van der Waals surface area contributed by atoms with Gasteiger partial charge in [0.05, 0.1) is 25.8 Å². The van der Waals surface area contributed by atoms with Crippen LogP contribution in [0, 0.1) is 0 Å². The van der Waals surface area contributed by atoms with Crippen molar-refractivity contribution in [1.82, 2.24) is 4.90 Å². The minimum absolute atomic E-state index is 0.187. The van der Waals surface area contributed by atoms with Crippen molar-refractivity contribution in [3.05, 3.63) is 35.9 Å². The molecule has 0 bridgehead atoms. The van der Waals surface area contributed by atoms with E-state index in [0.29, 0.717) is 24.7 Å². The lowest BCUT2D eigenvalue weighted by atomic mass is 10.2. The van der Waals surface area contributed by atoms with E-state index in [1.54, 1.807) is 24.3 Å². The van der Waals surface area contributed by atoms with Crippen LogP contribution in [-0.2, 0) is 19.0 Å². The standard InChI is InChI=1S/C15H16N2O5/c1-20-14(19)12-9-21-15(16-12)17-7-11(8-17)22-13(18)10-5-3-2-4-6-10/h2-6,11-12H,7-9H2,1H3/t12-/m0/s1. The maximum Gasteiger partial charge on any atom is 0.338 e. The van der Waals surface area contributed by atoms with E-state index >= 15 is 0 Å². The van der Waals surface area contributed by atoms with Crippen molar-refractivity contribution in [2.45, 2.75) is 12.1 Å². The molecule has 7 nitrogen and oxygen atoms in total. The van der Waals surface area contributed by atoms with Crippen LogP contribution in [0.25, 0.3) is 0 Å². The van der Waals surface area contributed by atoms with Crippen LogP contribution in [0.5, 0.6) is 0 Å². The van der Waals surface area contributed by atoms with Gasteiger partial charge in [0.25, 0.3) is 6.02 Å². The summed E-state index contributed by atoms with van der Waals surface area (Å²) < 4.78 is 15.4. The first-order valence-corrected chi connectivity index (χ1v) is 6.97. The van der Waals surface area contributed by atoms with Gasteiger partial charge in [0.2, 0.25) is 0 Å². The van der Waals surface area contributed by atoms with Gasteiger partial charge >= 0.3 is 11.9 Å². The highest BCUT2D eigenvalue weighted by atomic mass is 16.6. The van der Waals surface area contributed by atoms with Crippen LogP contribution < -0.4 is 0 Å². The Morgan fingerprint density at radius 3 is 2.68 bits per heavy atom. The van der Waals surface area contributed by atoms with Gasteiger partial charge in [-0.15, -0.1) is 0 Å². The van der Waals surface area contributed by atoms with Gasteiger partial charge in [-0.3, -0.25) is 0 Å². The van der Waals surface area contributed by atoms with Crippen LogP contribution in [0.4, 0.5) is 0 Å². The van der Waals surface area contributed by atoms with Gasteiger partial charge in [0, 0.05) is 0 Å². The van der Waals surface area contributed by atoms with Gasteiger partial charge in [-0.05, 0) is 12.1 Å². The third-order valence-corrected chi connectivity index (χ3v) is 3.51. The molecule has 0 unspecified atom stereocenters. The predicted molar refractivity (Wildman–Crippen MR) is 76.4 cm³/mol. The molecule has 0 N–H and O–H groups in total. The van der Waals surface area contributed by atoms with Gasteiger partial charge in [0.15, 0.2) is 6.04 Å². The first-order chi connectivity index (χ1) is 10.7. The summed E-state index contributed by atoms with van der Waals surface area (Å²) in [7, 11) is 1.32. The third kappa shape index (κ3) is 2.88. The molecule has 7 heteroatoms. The lowest BCUT2D eigenvalue weighted by Gasteiger charge is -2.38. The van der Waals surface area contributed by atoms with E-state index in [0.717, 1.165) is 0 Å². The fourth-order valence-corrected chi connectivity index (χ4v) is 2.25. The van der Waals surface area contributed by atoms with Gasteiger partial charge in [-0.2, -0.15) is 0 Å². The van der Waals surface area contributed by atoms with Crippen molar-refractivity contribution in [2.75, 3.05) is 26.8 Å². The molecule has 1 fully saturated rings. The fourth-order valence-electron chi connectivity index (χ4n) is 2.25. The summed E-state index contributed by atoms with van der Waals surface area (Å²) in [6.07, 6.45) is -0.198. The van der Waals surface area contributed by atoms with Gasteiger partial charge in [0.1, 0.15) is 12.7 Å². The van der Waals surface area contributed by atoms with Crippen LogP contribution in [0.3, 0.4) is 0 Å². The summed E-state index contributed by atoms with van der Waals surface area (Å²) in [6.45, 7) is 1.20. The van der Waals surface area contributed by atoms with Crippen molar-refractivity contribution in [1.29, 1.82) is 0 Å². The molecule has 1 aromatic carbocycles. The molecule has 0 aromatic heterocycles. The normalized spacial score (nSPS) is 20.7. The average molecular weight is 304 g/mol. The number of hydrogen-bond donors (Lipinski definition) is 0. The zero-order valence-electron chi connectivity index (χ0n) is 12.1. The van der Waals surface area contributed by atoms with Crippen molar-refractivity contribution in [2.24, 2.45) is 4.99 Å². The van der Waals surface area contributed by atoms with Gasteiger partial charge in [-0.25, -0.2) is 14.6 Å². The summed E-state index contributed by atoms with van der Waals surface area (Å²) in [5.41, 5.74) is 0.529. The molecule has 116 valence electrons. The predicted octanol–water partition coefficient (Wildman–Crippen LogP) is 0.455. The number of amidine groups is 1. The van der Waals surface area contributed by atoms with E-state index in [4.69, 9.17) is 9.47 Å². The summed E-state index contributed by atoms with van der Waals surface area (Å²) >= 11 is 0. The summed E-state index contributed by atoms with van der Waals surface area (Å²) in [4.78, 5) is 29.2. The molecule has 2 aliphatic rings. The number of methoxy groups -OCH3 is 1. The smallest absolute Gasteiger partial charge is 0.338 e. The average Bonchev–Trinajstić information content (AvgIpc) is 2.99. The minimum Gasteiger partial charge on any atom is -0.467 e. The number of rotatable bonds is 3. The van der Waals surface area contributed by atoms with Crippen molar-refractivity contribution in [3.8, 4) is 0 Å². The van der Waals surface area contributed by atoms with Crippen LogP contribution in [0.15, 0.2) is 35.3 Å². The number of ether oxygens (including phenoxy) is 3. The molecule has 0 saturated carbocycles. The maximum absolute atomic E-state index is 11.9. The van der Waals surface area contributed by atoms with E-state index < -0.39 is 12.0 Å². The number of likely N-dealkylation sites (tertiary alicyclic amines) is 1. The number of esters is 2. The largest absolute Gasteiger partial charge is 0.467 e. The second-order valence-electron chi connectivity index (χ2n) is 5.06. The molecule has 1 aromatic rings. The minimum atomic E-state index is -0.606. The Kier molecular flexibility index (Phi) is 3.95. The van der Waals surface area contributed by atoms with E-state index in [1.165, 1.54) is 7.11 Å². The molecule has 22 heavy (non-hydrogen) atoms. The van der Waals surface area contributed by atoms with Crippen LogP contribution in [0.1, 0.15) is 10.4 Å². The third-order valence-electron chi connectivity index (χ3n) is 3.51. The molecule has 2 aliphatic heterocycles. The van der Waals surface area contributed by atoms with Crippen molar-refractivity contribution in [3.63, 3.8) is 0 Å². The molecular weight excluding hydrogens is 288 g/mol. The van der Waals surface area contributed by atoms with Gasteiger partial charge in [-0.1, -0.05) is 18.2 Å². The van der Waals surface area contributed by atoms with Gasteiger partial charge < -0.3 is 19.1 Å². The Hall–Kier alpha value is -2.57. The van der Waals surface area contributed by atoms with Crippen molar-refractivity contribution >= 4 is 18.0 Å². The van der Waals surface area contributed by atoms with Crippen molar-refractivity contribution < 1.29 is 23.8 Å². The Morgan fingerprint density at radius 1 is 1.27 bits per heavy atom. The number of benzene rings is 1. The molecule has 2 heterocycles. The monoisotopic (exact) mass is 304 g/mol. The number of hydrogen-bond acceptors (Lipinski definition) is 7. The highest BCUT2D eigenvalue weighted by molar-refractivity contribution is 5.89. The van der Waals surface area contributed by atoms with Crippen LogP contribution in [-0.4, -0.2) is 61.8 Å².